The minimum atomic E-state index is -1.09. The molecule has 0 saturated carbocycles. The number of Topliss-reactive ketones (excluding diaryl/α,β-unsaturated/α-hetero) is 1. The van der Waals surface area contributed by atoms with Gasteiger partial charge in [-0.05, 0) is 29.2 Å². The quantitative estimate of drug-likeness (QED) is 0.532. The fourth-order valence-electron chi connectivity index (χ4n) is 5.66. The Kier molecular flexibility index (Phi) is 4.82. The van der Waals surface area contributed by atoms with E-state index in [-0.39, 0.29) is 36.0 Å². The Morgan fingerprint density at radius 2 is 1.24 bits per heavy atom. The molecule has 1 saturated heterocycles. The predicted molar refractivity (Wildman–Crippen MR) is 120 cm³/mol. The van der Waals surface area contributed by atoms with Gasteiger partial charge in [0.05, 0.1) is 11.8 Å². The fourth-order valence-corrected chi connectivity index (χ4v) is 5.66. The molecule has 4 aliphatic rings. The summed E-state index contributed by atoms with van der Waals surface area (Å²) in [4.78, 5) is 53.3. The number of hydrogen-bond donors (Lipinski definition) is 0. The third-order valence-corrected chi connectivity index (χ3v) is 7.39. The molecule has 1 fully saturated rings. The Morgan fingerprint density at radius 1 is 0.848 bits per heavy atom. The van der Waals surface area contributed by atoms with Crippen LogP contribution in [0.15, 0.2) is 48.5 Å². The molecule has 2 amide bonds. The first-order valence-electron chi connectivity index (χ1n) is 11.4. The summed E-state index contributed by atoms with van der Waals surface area (Å²) in [5, 5.41) is 0. The van der Waals surface area contributed by atoms with E-state index < -0.39 is 29.3 Å². The zero-order valence-electron chi connectivity index (χ0n) is 19.2. The van der Waals surface area contributed by atoms with Crippen LogP contribution in [0.4, 0.5) is 0 Å². The van der Waals surface area contributed by atoms with Crippen molar-refractivity contribution < 1.29 is 23.9 Å². The number of likely N-dealkylation sites (tertiary alicyclic amines) is 1. The molecular formula is C27H27NO5. The van der Waals surface area contributed by atoms with Gasteiger partial charge in [0, 0.05) is 17.3 Å². The minimum Gasteiger partial charge on any atom is -0.456 e. The molecule has 0 unspecified atom stereocenters. The van der Waals surface area contributed by atoms with E-state index in [1.165, 1.54) is 6.92 Å². The number of nitrogens with zero attached hydrogens (tertiary/aromatic N) is 1. The van der Waals surface area contributed by atoms with Crippen LogP contribution in [0.2, 0.25) is 0 Å². The molecule has 2 aromatic rings. The van der Waals surface area contributed by atoms with Crippen LogP contribution in [-0.2, 0) is 23.9 Å². The van der Waals surface area contributed by atoms with Gasteiger partial charge in [-0.25, -0.2) is 4.79 Å². The van der Waals surface area contributed by atoms with Crippen LogP contribution < -0.4 is 0 Å². The van der Waals surface area contributed by atoms with E-state index in [2.05, 4.69) is 0 Å². The molecule has 0 spiro atoms. The molecule has 1 aliphatic heterocycles. The lowest BCUT2D eigenvalue weighted by Gasteiger charge is -2.45. The summed E-state index contributed by atoms with van der Waals surface area (Å²) in [5.74, 6) is -3.17. The lowest BCUT2D eigenvalue weighted by molar-refractivity contribution is -0.160. The monoisotopic (exact) mass is 445 g/mol. The van der Waals surface area contributed by atoms with Crippen molar-refractivity contribution in [1.82, 2.24) is 4.90 Å². The Hall–Kier alpha value is -3.28. The number of benzene rings is 2. The second kappa shape index (κ2) is 7.37. The van der Waals surface area contributed by atoms with E-state index in [4.69, 9.17) is 4.74 Å². The molecule has 0 radical (unpaired) electrons. The fraction of sp³-hybridized carbons (Fsp3) is 0.407. The maximum absolute atomic E-state index is 13.6. The van der Waals surface area contributed by atoms with Crippen LogP contribution in [0.1, 0.15) is 61.8 Å². The number of imide groups is 1. The summed E-state index contributed by atoms with van der Waals surface area (Å²) >= 11 is 0. The van der Waals surface area contributed by atoms with Gasteiger partial charge in [-0.1, -0.05) is 69.3 Å². The van der Waals surface area contributed by atoms with Crippen molar-refractivity contribution in [2.45, 2.75) is 45.6 Å². The van der Waals surface area contributed by atoms with Gasteiger partial charge in [0.25, 0.3) is 0 Å². The molecule has 0 N–H and O–H groups in total. The van der Waals surface area contributed by atoms with Crippen molar-refractivity contribution in [2.24, 2.45) is 17.3 Å². The first-order valence-corrected chi connectivity index (χ1v) is 11.4. The highest BCUT2D eigenvalue weighted by molar-refractivity contribution is 6.10. The Bertz CT molecular complexity index is 1080. The van der Waals surface area contributed by atoms with Crippen LogP contribution in [0.25, 0.3) is 0 Å². The number of carbonyl (C=O) groups excluding carboxylic acids is 4. The Labute approximate surface area is 192 Å². The number of rotatable bonds is 4. The van der Waals surface area contributed by atoms with E-state index in [1.807, 2.05) is 48.5 Å². The first-order chi connectivity index (χ1) is 15.6. The van der Waals surface area contributed by atoms with E-state index in [1.54, 1.807) is 20.8 Å². The molecular weight excluding hydrogens is 418 g/mol. The molecule has 2 bridgehead atoms. The second-order valence-corrected chi connectivity index (χ2v) is 10.3. The molecule has 0 aromatic heterocycles. The topological polar surface area (TPSA) is 80.8 Å². The van der Waals surface area contributed by atoms with Gasteiger partial charge in [-0.15, -0.1) is 0 Å². The van der Waals surface area contributed by atoms with Crippen molar-refractivity contribution in [2.75, 3.05) is 6.61 Å². The van der Waals surface area contributed by atoms with Crippen molar-refractivity contribution in [3.05, 3.63) is 70.8 Å². The first kappa shape index (κ1) is 21.6. The maximum atomic E-state index is 13.6. The van der Waals surface area contributed by atoms with Crippen molar-refractivity contribution in [3.8, 4) is 0 Å². The summed E-state index contributed by atoms with van der Waals surface area (Å²) in [6.07, 6.45) is 0. The number of ketones is 1. The molecule has 1 heterocycles. The number of ether oxygens (including phenoxy) is 1. The number of hydrogen-bond acceptors (Lipinski definition) is 5. The predicted octanol–water partition coefficient (Wildman–Crippen LogP) is 3.43. The average molecular weight is 446 g/mol. The summed E-state index contributed by atoms with van der Waals surface area (Å²) < 4.78 is 5.21. The highest BCUT2D eigenvalue weighted by atomic mass is 16.5. The SMILES string of the molecule is C[C@H](C(=O)OCC(=O)C(C)(C)C)N1C(=O)[C@@H]2C3c4ccccc4C(c4ccccc43)[C@H]2C1=O. The molecule has 2 aromatic carbocycles. The summed E-state index contributed by atoms with van der Waals surface area (Å²) in [6, 6.07) is 14.9. The number of esters is 1. The molecule has 6 rings (SSSR count). The Morgan fingerprint density at radius 3 is 1.61 bits per heavy atom. The van der Waals surface area contributed by atoms with Gasteiger partial charge in [-0.2, -0.15) is 0 Å². The van der Waals surface area contributed by atoms with E-state index >= 15 is 0 Å². The molecule has 170 valence electrons. The zero-order valence-corrected chi connectivity index (χ0v) is 19.2. The smallest absolute Gasteiger partial charge is 0.329 e. The lowest BCUT2D eigenvalue weighted by Crippen LogP contribution is -2.45. The van der Waals surface area contributed by atoms with Gasteiger partial charge in [0.15, 0.2) is 12.4 Å². The van der Waals surface area contributed by atoms with Crippen molar-refractivity contribution in [1.29, 1.82) is 0 Å². The summed E-state index contributed by atoms with van der Waals surface area (Å²) in [5.41, 5.74) is 3.68. The standard InChI is InChI=1S/C27H27NO5/c1-14(26(32)33-13-19(29)27(2,3)4)28-24(30)22-20-15-9-5-6-10-16(15)21(23(22)25(28)31)18-12-8-7-11-17(18)20/h5-12,14,20-23H,13H2,1-4H3/t14-,20?,21?,22-,23-/m1/s1. The highest BCUT2D eigenvalue weighted by Gasteiger charge is 2.62. The molecule has 6 heteroatoms. The van der Waals surface area contributed by atoms with Crippen LogP contribution in [-0.4, -0.2) is 41.1 Å². The van der Waals surface area contributed by atoms with Crippen LogP contribution in [0.3, 0.4) is 0 Å². The zero-order chi connectivity index (χ0) is 23.7. The van der Waals surface area contributed by atoms with Crippen LogP contribution in [0, 0.1) is 17.3 Å². The third-order valence-electron chi connectivity index (χ3n) is 7.39. The van der Waals surface area contributed by atoms with Crippen molar-refractivity contribution >= 4 is 23.6 Å². The molecule has 6 nitrogen and oxygen atoms in total. The van der Waals surface area contributed by atoms with Gasteiger partial charge >= 0.3 is 5.97 Å². The number of carbonyl (C=O) groups is 4. The largest absolute Gasteiger partial charge is 0.456 e. The minimum absolute atomic E-state index is 0.222. The van der Waals surface area contributed by atoms with E-state index in [0.29, 0.717) is 0 Å². The van der Waals surface area contributed by atoms with Crippen molar-refractivity contribution in [3.63, 3.8) is 0 Å². The molecule has 3 aliphatic carbocycles. The van der Waals surface area contributed by atoms with E-state index in [9.17, 15) is 19.2 Å². The Balaban J connectivity index is 1.47. The third kappa shape index (κ3) is 3.07. The van der Waals surface area contributed by atoms with Gasteiger partial charge < -0.3 is 4.74 Å². The van der Waals surface area contributed by atoms with Crippen LogP contribution in [0.5, 0.6) is 0 Å². The lowest BCUT2D eigenvalue weighted by atomic mass is 9.55. The normalized spacial score (nSPS) is 25.9. The average Bonchev–Trinajstić information content (AvgIpc) is 3.06. The molecule has 33 heavy (non-hydrogen) atoms. The van der Waals surface area contributed by atoms with Crippen LogP contribution >= 0.6 is 0 Å². The molecule has 3 atom stereocenters. The summed E-state index contributed by atoms with van der Waals surface area (Å²) in [6.45, 7) is 6.36. The second-order valence-electron chi connectivity index (χ2n) is 10.3. The van der Waals surface area contributed by atoms with Gasteiger partial charge in [0.1, 0.15) is 6.04 Å². The maximum Gasteiger partial charge on any atom is 0.329 e. The van der Waals surface area contributed by atoms with Gasteiger partial charge in [0.2, 0.25) is 11.8 Å². The van der Waals surface area contributed by atoms with Gasteiger partial charge in [-0.3, -0.25) is 19.3 Å². The van der Waals surface area contributed by atoms with E-state index in [0.717, 1.165) is 27.2 Å². The summed E-state index contributed by atoms with van der Waals surface area (Å²) in [7, 11) is 0. The number of amides is 2. The highest BCUT2D eigenvalue weighted by Crippen LogP contribution is 2.61.